The normalized spacial score (nSPS) is 12.0. The first-order valence-electron chi connectivity index (χ1n) is 5.54. The van der Waals surface area contributed by atoms with Gasteiger partial charge in [-0.3, -0.25) is 4.79 Å². The van der Waals surface area contributed by atoms with Crippen molar-refractivity contribution in [2.75, 3.05) is 0 Å². The van der Waals surface area contributed by atoms with Crippen molar-refractivity contribution >= 4 is 10.9 Å². The number of aromatic amines is 1. The highest BCUT2D eigenvalue weighted by Gasteiger charge is 2.14. The topological polar surface area (TPSA) is 45.8 Å². The molecule has 90 valence electrons. The molecule has 4 heteroatoms. The van der Waals surface area contributed by atoms with Crippen molar-refractivity contribution in [2.45, 2.75) is 27.2 Å². The van der Waals surface area contributed by atoms with Gasteiger partial charge in [0.15, 0.2) is 0 Å². The second kappa shape index (κ2) is 3.95. The number of halogens is 1. The second-order valence-corrected chi connectivity index (χ2v) is 5.41. The molecule has 0 unspecified atom stereocenters. The van der Waals surface area contributed by atoms with Gasteiger partial charge in [0.25, 0.3) is 5.56 Å². The van der Waals surface area contributed by atoms with Gasteiger partial charge in [-0.25, -0.2) is 9.37 Å². The molecule has 1 aromatic carbocycles. The van der Waals surface area contributed by atoms with E-state index in [1.54, 1.807) is 0 Å². The van der Waals surface area contributed by atoms with Crippen molar-refractivity contribution in [1.29, 1.82) is 0 Å². The third-order valence-corrected chi connectivity index (χ3v) is 2.42. The summed E-state index contributed by atoms with van der Waals surface area (Å²) in [6.45, 7) is 6.17. The molecule has 0 spiro atoms. The molecule has 3 nitrogen and oxygen atoms in total. The molecule has 0 aliphatic rings. The Kier molecular flexibility index (Phi) is 2.73. The second-order valence-electron chi connectivity index (χ2n) is 5.41. The van der Waals surface area contributed by atoms with Gasteiger partial charge < -0.3 is 4.98 Å². The Balaban J connectivity index is 2.58. The van der Waals surface area contributed by atoms with Crippen molar-refractivity contribution in [3.63, 3.8) is 0 Å². The highest BCUT2D eigenvalue weighted by atomic mass is 19.1. The molecule has 0 amide bonds. The fraction of sp³-hybridized carbons (Fsp3) is 0.385. The molecule has 0 aliphatic heterocycles. The number of hydrogen-bond acceptors (Lipinski definition) is 2. The van der Waals surface area contributed by atoms with Crippen molar-refractivity contribution in [3.05, 3.63) is 40.2 Å². The minimum Gasteiger partial charge on any atom is -0.310 e. The standard InChI is InChI=1S/C13H15FN2O/c1-13(2,3)7-11-15-10-6-8(14)4-5-9(10)12(17)16-11/h4-6H,7H2,1-3H3,(H,15,16,17). The van der Waals surface area contributed by atoms with Gasteiger partial charge in [-0.2, -0.15) is 0 Å². The van der Waals surface area contributed by atoms with Crippen molar-refractivity contribution in [3.8, 4) is 0 Å². The predicted octanol–water partition coefficient (Wildman–Crippen LogP) is 2.65. The molecular weight excluding hydrogens is 219 g/mol. The third-order valence-electron chi connectivity index (χ3n) is 2.42. The van der Waals surface area contributed by atoms with Gasteiger partial charge in [0.05, 0.1) is 10.9 Å². The van der Waals surface area contributed by atoms with E-state index >= 15 is 0 Å². The van der Waals surface area contributed by atoms with Gasteiger partial charge >= 0.3 is 0 Å². The monoisotopic (exact) mass is 234 g/mol. The van der Waals surface area contributed by atoms with Crippen LogP contribution in [0.15, 0.2) is 23.0 Å². The number of nitrogens with zero attached hydrogens (tertiary/aromatic N) is 1. The number of benzene rings is 1. The minimum atomic E-state index is -0.377. The number of aromatic nitrogens is 2. The number of H-pyrrole nitrogens is 1. The zero-order valence-electron chi connectivity index (χ0n) is 10.2. The van der Waals surface area contributed by atoms with E-state index in [0.717, 1.165) is 0 Å². The first-order valence-corrected chi connectivity index (χ1v) is 5.54. The average Bonchev–Trinajstić information content (AvgIpc) is 2.13. The van der Waals surface area contributed by atoms with Crippen molar-refractivity contribution in [1.82, 2.24) is 9.97 Å². The van der Waals surface area contributed by atoms with E-state index < -0.39 is 0 Å². The molecule has 0 bridgehead atoms. The summed E-state index contributed by atoms with van der Waals surface area (Å²) < 4.78 is 13.1. The summed E-state index contributed by atoms with van der Waals surface area (Å²) in [6.07, 6.45) is 0.648. The van der Waals surface area contributed by atoms with Crippen LogP contribution in [-0.2, 0) is 6.42 Å². The Morgan fingerprint density at radius 2 is 2.06 bits per heavy atom. The quantitative estimate of drug-likeness (QED) is 0.824. The molecule has 0 saturated heterocycles. The van der Waals surface area contributed by atoms with E-state index in [0.29, 0.717) is 23.1 Å². The molecular formula is C13H15FN2O. The SMILES string of the molecule is CC(C)(C)Cc1nc2cc(F)ccc2c(=O)[nH]1. The number of rotatable bonds is 1. The zero-order valence-corrected chi connectivity index (χ0v) is 10.2. The lowest BCUT2D eigenvalue weighted by molar-refractivity contribution is 0.401. The number of fused-ring (bicyclic) bond motifs is 1. The fourth-order valence-corrected chi connectivity index (χ4v) is 1.75. The summed E-state index contributed by atoms with van der Waals surface area (Å²) in [7, 11) is 0. The highest BCUT2D eigenvalue weighted by Crippen LogP contribution is 2.18. The maximum atomic E-state index is 13.1. The lowest BCUT2D eigenvalue weighted by atomic mass is 9.92. The Bertz CT molecular complexity index is 611. The Morgan fingerprint density at radius 1 is 1.35 bits per heavy atom. The molecule has 0 saturated carbocycles. The fourth-order valence-electron chi connectivity index (χ4n) is 1.75. The van der Waals surface area contributed by atoms with Crippen LogP contribution >= 0.6 is 0 Å². The molecule has 2 aromatic rings. The Labute approximate surface area is 98.7 Å². The first-order chi connectivity index (χ1) is 7.85. The van der Waals surface area contributed by atoms with Gasteiger partial charge in [0.1, 0.15) is 11.6 Å². The minimum absolute atomic E-state index is 0.0247. The molecule has 0 fully saturated rings. The molecule has 0 radical (unpaired) electrons. The van der Waals surface area contributed by atoms with Gasteiger partial charge in [-0.05, 0) is 17.5 Å². The zero-order chi connectivity index (χ0) is 12.6. The Hall–Kier alpha value is -1.71. The van der Waals surface area contributed by atoms with E-state index in [2.05, 4.69) is 30.7 Å². The smallest absolute Gasteiger partial charge is 0.258 e. The summed E-state index contributed by atoms with van der Waals surface area (Å²) in [5.41, 5.74) is 0.221. The summed E-state index contributed by atoms with van der Waals surface area (Å²) in [4.78, 5) is 18.8. The van der Waals surface area contributed by atoms with Crippen LogP contribution in [0.2, 0.25) is 0 Å². The van der Waals surface area contributed by atoms with Crippen LogP contribution in [-0.4, -0.2) is 9.97 Å². The maximum absolute atomic E-state index is 13.1. The van der Waals surface area contributed by atoms with Gasteiger partial charge in [-0.15, -0.1) is 0 Å². The summed E-state index contributed by atoms with van der Waals surface area (Å²) >= 11 is 0. The van der Waals surface area contributed by atoms with E-state index in [9.17, 15) is 9.18 Å². The van der Waals surface area contributed by atoms with Crippen LogP contribution < -0.4 is 5.56 Å². The number of hydrogen-bond donors (Lipinski definition) is 1. The van der Waals surface area contributed by atoms with E-state index in [1.165, 1.54) is 18.2 Å². The predicted molar refractivity (Wildman–Crippen MR) is 65.5 cm³/mol. The van der Waals surface area contributed by atoms with Crippen LogP contribution in [0, 0.1) is 11.2 Å². The summed E-state index contributed by atoms with van der Waals surface area (Å²) in [6, 6.07) is 4.01. The summed E-state index contributed by atoms with van der Waals surface area (Å²) in [5, 5.41) is 0.420. The Morgan fingerprint density at radius 3 is 2.71 bits per heavy atom. The van der Waals surface area contributed by atoms with Gasteiger partial charge in [-0.1, -0.05) is 20.8 Å². The van der Waals surface area contributed by atoms with Crippen LogP contribution in [0.4, 0.5) is 4.39 Å². The van der Waals surface area contributed by atoms with Crippen LogP contribution in [0.25, 0.3) is 10.9 Å². The molecule has 0 aliphatic carbocycles. The largest absolute Gasteiger partial charge is 0.310 e. The van der Waals surface area contributed by atoms with Crippen LogP contribution in [0.3, 0.4) is 0 Å². The molecule has 17 heavy (non-hydrogen) atoms. The molecule has 1 heterocycles. The number of nitrogens with one attached hydrogen (secondary N) is 1. The molecule has 0 atom stereocenters. The van der Waals surface area contributed by atoms with Crippen molar-refractivity contribution < 1.29 is 4.39 Å². The summed E-state index contributed by atoms with van der Waals surface area (Å²) in [5.74, 6) is 0.220. The first kappa shape index (κ1) is 11.8. The van der Waals surface area contributed by atoms with Gasteiger partial charge in [0, 0.05) is 12.5 Å². The third kappa shape index (κ3) is 2.70. The lowest BCUT2D eigenvalue weighted by Crippen LogP contribution is -2.17. The maximum Gasteiger partial charge on any atom is 0.258 e. The van der Waals surface area contributed by atoms with Crippen molar-refractivity contribution in [2.24, 2.45) is 5.41 Å². The molecule has 1 aromatic heterocycles. The molecule has 1 N–H and O–H groups in total. The highest BCUT2D eigenvalue weighted by molar-refractivity contribution is 5.77. The van der Waals surface area contributed by atoms with E-state index in [1.807, 2.05) is 0 Å². The average molecular weight is 234 g/mol. The van der Waals surface area contributed by atoms with Crippen LogP contribution in [0.5, 0.6) is 0 Å². The molecule has 2 rings (SSSR count). The lowest BCUT2D eigenvalue weighted by Gasteiger charge is -2.17. The van der Waals surface area contributed by atoms with E-state index in [4.69, 9.17) is 0 Å². The van der Waals surface area contributed by atoms with E-state index in [-0.39, 0.29) is 16.8 Å². The van der Waals surface area contributed by atoms with Gasteiger partial charge in [0.2, 0.25) is 0 Å². The van der Waals surface area contributed by atoms with Crippen LogP contribution in [0.1, 0.15) is 26.6 Å².